The molecule has 0 aromatic heterocycles. The molecule has 2 saturated heterocycles. The number of benzene rings is 1. The summed E-state index contributed by atoms with van der Waals surface area (Å²) in [4.78, 5) is 30.3. The smallest absolute Gasteiger partial charge is 0.225 e. The first kappa shape index (κ1) is 16.8. The van der Waals surface area contributed by atoms with Crippen LogP contribution in [0.4, 0.5) is 5.69 Å². The average molecular weight is 329 g/mol. The van der Waals surface area contributed by atoms with E-state index in [0.717, 1.165) is 25.9 Å². The van der Waals surface area contributed by atoms with Crippen molar-refractivity contribution < 1.29 is 9.59 Å². The van der Waals surface area contributed by atoms with E-state index in [2.05, 4.69) is 36.1 Å². The SMILES string of the molecule is CC(=O)N1CCN(C(=O)C2CCN(c3cccc(C)c3)CC2)CC1. The van der Waals surface area contributed by atoms with Gasteiger partial charge in [-0.2, -0.15) is 0 Å². The number of piperazine rings is 1. The number of amides is 2. The summed E-state index contributed by atoms with van der Waals surface area (Å²) in [5.74, 6) is 0.519. The van der Waals surface area contributed by atoms with Crippen LogP contribution in [-0.2, 0) is 9.59 Å². The monoisotopic (exact) mass is 329 g/mol. The first-order valence-electron chi connectivity index (χ1n) is 8.90. The van der Waals surface area contributed by atoms with E-state index < -0.39 is 0 Å². The molecule has 2 amide bonds. The predicted octanol–water partition coefficient (Wildman–Crippen LogP) is 1.90. The summed E-state index contributed by atoms with van der Waals surface area (Å²) in [5, 5.41) is 0. The summed E-state index contributed by atoms with van der Waals surface area (Å²) in [6.07, 6.45) is 1.83. The topological polar surface area (TPSA) is 43.9 Å². The largest absolute Gasteiger partial charge is 0.371 e. The van der Waals surface area contributed by atoms with Gasteiger partial charge in [0.2, 0.25) is 11.8 Å². The second-order valence-corrected chi connectivity index (χ2v) is 6.93. The van der Waals surface area contributed by atoms with Crippen molar-refractivity contribution in [3.05, 3.63) is 29.8 Å². The van der Waals surface area contributed by atoms with Crippen LogP contribution in [0.3, 0.4) is 0 Å². The van der Waals surface area contributed by atoms with Crippen molar-refractivity contribution in [1.29, 1.82) is 0 Å². The Morgan fingerprint density at radius 2 is 1.58 bits per heavy atom. The maximum atomic E-state index is 12.7. The first-order valence-corrected chi connectivity index (χ1v) is 8.90. The fourth-order valence-corrected chi connectivity index (χ4v) is 3.71. The molecule has 2 aliphatic heterocycles. The summed E-state index contributed by atoms with van der Waals surface area (Å²) in [7, 11) is 0. The second kappa shape index (κ2) is 7.24. The van der Waals surface area contributed by atoms with Crippen molar-refractivity contribution in [2.24, 2.45) is 5.92 Å². The molecule has 0 radical (unpaired) electrons. The summed E-state index contributed by atoms with van der Waals surface area (Å²) in [5.41, 5.74) is 2.53. The van der Waals surface area contributed by atoms with Gasteiger partial charge < -0.3 is 14.7 Å². The average Bonchev–Trinajstić information content (AvgIpc) is 2.61. The minimum Gasteiger partial charge on any atom is -0.371 e. The molecule has 3 rings (SSSR count). The molecule has 0 atom stereocenters. The molecular weight excluding hydrogens is 302 g/mol. The van der Waals surface area contributed by atoms with Crippen molar-refractivity contribution in [1.82, 2.24) is 9.80 Å². The van der Waals surface area contributed by atoms with Gasteiger partial charge in [0.25, 0.3) is 0 Å². The zero-order chi connectivity index (χ0) is 17.1. The van der Waals surface area contributed by atoms with E-state index in [-0.39, 0.29) is 17.7 Å². The predicted molar refractivity (Wildman–Crippen MR) is 95.0 cm³/mol. The quantitative estimate of drug-likeness (QED) is 0.832. The van der Waals surface area contributed by atoms with Crippen molar-refractivity contribution in [3.63, 3.8) is 0 Å². The van der Waals surface area contributed by atoms with Crippen molar-refractivity contribution in [2.45, 2.75) is 26.7 Å². The molecule has 5 heteroatoms. The molecule has 0 N–H and O–H groups in total. The number of hydrogen-bond acceptors (Lipinski definition) is 3. The van der Waals surface area contributed by atoms with E-state index in [1.165, 1.54) is 11.3 Å². The lowest BCUT2D eigenvalue weighted by Gasteiger charge is -2.39. The van der Waals surface area contributed by atoms with Crippen LogP contribution >= 0.6 is 0 Å². The lowest BCUT2D eigenvalue weighted by atomic mass is 9.94. The third-order valence-corrected chi connectivity index (χ3v) is 5.25. The molecule has 2 aliphatic rings. The maximum Gasteiger partial charge on any atom is 0.225 e. The van der Waals surface area contributed by atoms with Gasteiger partial charge in [-0.05, 0) is 37.5 Å². The van der Waals surface area contributed by atoms with Crippen molar-refractivity contribution in [3.8, 4) is 0 Å². The van der Waals surface area contributed by atoms with Crippen LogP contribution in [0.2, 0.25) is 0 Å². The molecular formula is C19H27N3O2. The fourth-order valence-electron chi connectivity index (χ4n) is 3.71. The summed E-state index contributed by atoms with van der Waals surface area (Å²) in [6, 6.07) is 8.57. The number of anilines is 1. The van der Waals surface area contributed by atoms with E-state index in [9.17, 15) is 9.59 Å². The standard InChI is InChI=1S/C19H27N3O2/c1-15-4-3-5-18(14-15)21-8-6-17(7-9-21)19(24)22-12-10-20(11-13-22)16(2)23/h3-5,14,17H,6-13H2,1-2H3. The van der Waals surface area contributed by atoms with E-state index >= 15 is 0 Å². The van der Waals surface area contributed by atoms with E-state index in [1.54, 1.807) is 6.92 Å². The molecule has 2 heterocycles. The Balaban J connectivity index is 1.51. The van der Waals surface area contributed by atoms with Crippen LogP contribution in [0, 0.1) is 12.8 Å². The van der Waals surface area contributed by atoms with Gasteiger partial charge >= 0.3 is 0 Å². The molecule has 0 aliphatic carbocycles. The van der Waals surface area contributed by atoms with Crippen LogP contribution in [-0.4, -0.2) is 60.9 Å². The van der Waals surface area contributed by atoms with Crippen LogP contribution in [0.25, 0.3) is 0 Å². The maximum absolute atomic E-state index is 12.7. The van der Waals surface area contributed by atoms with Crippen molar-refractivity contribution >= 4 is 17.5 Å². The molecule has 2 fully saturated rings. The molecule has 1 aromatic carbocycles. The highest BCUT2D eigenvalue weighted by atomic mass is 16.2. The third-order valence-electron chi connectivity index (χ3n) is 5.25. The van der Waals surface area contributed by atoms with Crippen LogP contribution in [0.1, 0.15) is 25.3 Å². The Bertz CT molecular complexity index is 600. The molecule has 0 unspecified atom stereocenters. The normalized spacial score (nSPS) is 19.5. The van der Waals surface area contributed by atoms with Gasteiger partial charge in [-0.1, -0.05) is 12.1 Å². The molecule has 1 aromatic rings. The van der Waals surface area contributed by atoms with E-state index in [1.807, 2.05) is 9.80 Å². The molecule has 24 heavy (non-hydrogen) atoms. The van der Waals surface area contributed by atoms with Gasteiger partial charge in [-0.3, -0.25) is 9.59 Å². The lowest BCUT2D eigenvalue weighted by molar-refractivity contribution is -0.141. The number of nitrogens with zero attached hydrogens (tertiary/aromatic N) is 3. The van der Waals surface area contributed by atoms with Gasteiger partial charge in [0.05, 0.1) is 0 Å². The van der Waals surface area contributed by atoms with Gasteiger partial charge in [-0.15, -0.1) is 0 Å². The molecule has 0 bridgehead atoms. The minimum atomic E-state index is 0.105. The zero-order valence-corrected chi connectivity index (χ0v) is 14.7. The lowest BCUT2D eigenvalue weighted by Crippen LogP contribution is -2.52. The number of rotatable bonds is 2. The Labute approximate surface area is 144 Å². The summed E-state index contributed by atoms with van der Waals surface area (Å²) in [6.45, 7) is 8.28. The number of hydrogen-bond donors (Lipinski definition) is 0. The number of carbonyl (C=O) groups is 2. The minimum absolute atomic E-state index is 0.105. The zero-order valence-electron chi connectivity index (χ0n) is 14.7. The summed E-state index contributed by atoms with van der Waals surface area (Å²) < 4.78 is 0. The fraction of sp³-hybridized carbons (Fsp3) is 0.579. The van der Waals surface area contributed by atoms with Crippen LogP contribution in [0.15, 0.2) is 24.3 Å². The highest BCUT2D eigenvalue weighted by molar-refractivity contribution is 5.80. The van der Waals surface area contributed by atoms with E-state index in [0.29, 0.717) is 26.2 Å². The van der Waals surface area contributed by atoms with Gasteiger partial charge in [0.15, 0.2) is 0 Å². The molecule has 0 saturated carbocycles. The van der Waals surface area contributed by atoms with Crippen LogP contribution < -0.4 is 4.90 Å². The number of piperidine rings is 1. The Hall–Kier alpha value is -2.04. The van der Waals surface area contributed by atoms with Gasteiger partial charge in [0, 0.05) is 57.8 Å². The summed E-state index contributed by atoms with van der Waals surface area (Å²) >= 11 is 0. The number of aryl methyl sites for hydroxylation is 1. The highest BCUT2D eigenvalue weighted by Crippen LogP contribution is 2.25. The Morgan fingerprint density at radius 3 is 2.17 bits per heavy atom. The third kappa shape index (κ3) is 3.71. The Morgan fingerprint density at radius 1 is 0.958 bits per heavy atom. The molecule has 130 valence electrons. The second-order valence-electron chi connectivity index (χ2n) is 6.93. The first-order chi connectivity index (χ1) is 11.5. The van der Waals surface area contributed by atoms with E-state index in [4.69, 9.17) is 0 Å². The van der Waals surface area contributed by atoms with Crippen LogP contribution in [0.5, 0.6) is 0 Å². The highest BCUT2D eigenvalue weighted by Gasteiger charge is 2.30. The molecule has 0 spiro atoms. The van der Waals surface area contributed by atoms with Crippen molar-refractivity contribution in [2.75, 3.05) is 44.2 Å². The number of carbonyl (C=O) groups excluding carboxylic acids is 2. The van der Waals surface area contributed by atoms with Gasteiger partial charge in [0.1, 0.15) is 0 Å². The molecule has 5 nitrogen and oxygen atoms in total. The Kier molecular flexibility index (Phi) is 5.07. The van der Waals surface area contributed by atoms with Gasteiger partial charge in [-0.25, -0.2) is 0 Å².